The van der Waals surface area contributed by atoms with Crippen LogP contribution in [0.4, 0.5) is 0 Å². The number of fused-ring (bicyclic) bond motifs is 4. The smallest absolute Gasteiger partial charge is 0.163 e. The molecule has 0 N–H and O–H groups in total. The van der Waals surface area contributed by atoms with Gasteiger partial charge in [-0.25, -0.2) is 15.0 Å². The van der Waals surface area contributed by atoms with E-state index in [2.05, 4.69) is 115 Å². The lowest BCUT2D eigenvalue weighted by atomic mass is 9.99. The molecule has 0 bridgehead atoms. The Balaban J connectivity index is 1.36. The summed E-state index contributed by atoms with van der Waals surface area (Å²) >= 11 is 1.84. The van der Waals surface area contributed by atoms with Gasteiger partial charge in [-0.2, -0.15) is 0 Å². The number of allylic oxidation sites excluding steroid dienone is 1. The quantitative estimate of drug-likeness (QED) is 0.228. The molecule has 2 heterocycles. The van der Waals surface area contributed by atoms with Crippen molar-refractivity contribution >= 4 is 37.8 Å². The van der Waals surface area contributed by atoms with Crippen LogP contribution in [0, 0.1) is 0 Å². The van der Waals surface area contributed by atoms with E-state index in [1.54, 1.807) is 0 Å². The predicted octanol–water partition coefficient (Wildman–Crippen LogP) is 9.15. The van der Waals surface area contributed by atoms with Crippen LogP contribution in [0.25, 0.3) is 49.2 Å². The highest BCUT2D eigenvalue weighted by molar-refractivity contribution is 7.19. The van der Waals surface area contributed by atoms with E-state index < -0.39 is 0 Å². The van der Waals surface area contributed by atoms with E-state index >= 15 is 0 Å². The third kappa shape index (κ3) is 3.84. The standard InChI is InChI=1S/C36H23N3S/c1-3-12-24(13-4-1)29-22-30(33-32(29)28-17-9-10-18-31(28)40-33)36-38-34(25-14-5-2-6-15-25)37-35(39-36)27-20-19-23-11-7-8-16-26(23)21-27/h1-22,30H. The molecule has 1 atom stereocenters. The topological polar surface area (TPSA) is 38.7 Å². The Labute approximate surface area is 236 Å². The summed E-state index contributed by atoms with van der Waals surface area (Å²) in [5.41, 5.74) is 5.72. The highest BCUT2D eigenvalue weighted by Gasteiger charge is 2.32. The van der Waals surface area contributed by atoms with Gasteiger partial charge >= 0.3 is 0 Å². The zero-order valence-electron chi connectivity index (χ0n) is 21.5. The SMILES string of the molecule is C1=C(c2ccccc2)c2c(sc3ccccc23)C1c1nc(-c2ccccc2)nc(-c2ccc3ccccc3c2)n1. The van der Waals surface area contributed by atoms with Gasteiger partial charge in [-0.05, 0) is 34.0 Å². The first-order valence-electron chi connectivity index (χ1n) is 13.4. The average Bonchev–Trinajstić information content (AvgIpc) is 3.59. The number of hydrogen-bond acceptors (Lipinski definition) is 4. The van der Waals surface area contributed by atoms with E-state index in [0.717, 1.165) is 17.0 Å². The lowest BCUT2D eigenvalue weighted by Gasteiger charge is -2.12. The molecule has 188 valence electrons. The van der Waals surface area contributed by atoms with Gasteiger partial charge in [0.15, 0.2) is 11.6 Å². The van der Waals surface area contributed by atoms with E-state index in [9.17, 15) is 0 Å². The van der Waals surface area contributed by atoms with Crippen molar-refractivity contribution in [3.8, 4) is 22.8 Å². The molecule has 1 unspecified atom stereocenters. The van der Waals surface area contributed by atoms with Crippen LogP contribution < -0.4 is 0 Å². The third-order valence-electron chi connectivity index (χ3n) is 7.56. The van der Waals surface area contributed by atoms with Gasteiger partial charge in [0, 0.05) is 31.7 Å². The van der Waals surface area contributed by atoms with E-state index in [0.29, 0.717) is 11.6 Å². The average molecular weight is 530 g/mol. The van der Waals surface area contributed by atoms with E-state index in [1.165, 1.54) is 42.4 Å². The first-order valence-corrected chi connectivity index (χ1v) is 14.2. The Morgan fingerprint density at radius 1 is 0.525 bits per heavy atom. The fourth-order valence-electron chi connectivity index (χ4n) is 5.64. The van der Waals surface area contributed by atoms with E-state index in [-0.39, 0.29) is 5.92 Å². The van der Waals surface area contributed by atoms with Gasteiger partial charge in [-0.3, -0.25) is 0 Å². The van der Waals surface area contributed by atoms with Gasteiger partial charge in [-0.15, -0.1) is 11.3 Å². The first kappa shape index (κ1) is 23.0. The molecule has 8 rings (SSSR count). The van der Waals surface area contributed by atoms with Gasteiger partial charge in [0.05, 0.1) is 5.92 Å². The zero-order chi connectivity index (χ0) is 26.5. The fourth-order valence-corrected chi connectivity index (χ4v) is 6.93. The molecule has 7 aromatic rings. The second-order valence-electron chi connectivity index (χ2n) is 10.0. The minimum Gasteiger partial charge on any atom is -0.212 e. The van der Waals surface area contributed by atoms with Crippen LogP contribution in [0.5, 0.6) is 0 Å². The van der Waals surface area contributed by atoms with Gasteiger partial charge < -0.3 is 0 Å². The van der Waals surface area contributed by atoms with Crippen molar-refractivity contribution in [1.29, 1.82) is 0 Å². The van der Waals surface area contributed by atoms with Crippen LogP contribution in [0.2, 0.25) is 0 Å². The monoisotopic (exact) mass is 529 g/mol. The highest BCUT2D eigenvalue weighted by atomic mass is 32.1. The third-order valence-corrected chi connectivity index (χ3v) is 8.82. The molecule has 5 aromatic carbocycles. The second kappa shape index (κ2) is 9.37. The Morgan fingerprint density at radius 3 is 1.98 bits per heavy atom. The summed E-state index contributed by atoms with van der Waals surface area (Å²) in [4.78, 5) is 16.5. The minimum atomic E-state index is -0.0627. The van der Waals surface area contributed by atoms with Crippen LogP contribution in [0.3, 0.4) is 0 Å². The summed E-state index contributed by atoms with van der Waals surface area (Å²) in [6, 6.07) is 44.4. The molecule has 40 heavy (non-hydrogen) atoms. The summed E-state index contributed by atoms with van der Waals surface area (Å²) in [7, 11) is 0. The predicted molar refractivity (Wildman–Crippen MR) is 165 cm³/mol. The van der Waals surface area contributed by atoms with Crippen LogP contribution in [0.15, 0.2) is 133 Å². The molecule has 0 aliphatic heterocycles. The lowest BCUT2D eigenvalue weighted by Crippen LogP contribution is -2.06. The molecule has 4 heteroatoms. The molecule has 0 amide bonds. The lowest BCUT2D eigenvalue weighted by molar-refractivity contribution is 0.882. The number of nitrogens with zero attached hydrogens (tertiary/aromatic N) is 3. The van der Waals surface area contributed by atoms with Crippen molar-refractivity contribution in [2.24, 2.45) is 0 Å². The van der Waals surface area contributed by atoms with Gasteiger partial charge in [0.25, 0.3) is 0 Å². The number of rotatable bonds is 4. The Hall–Kier alpha value is -4.93. The maximum Gasteiger partial charge on any atom is 0.163 e. The zero-order valence-corrected chi connectivity index (χ0v) is 22.3. The van der Waals surface area contributed by atoms with Crippen LogP contribution >= 0.6 is 11.3 Å². The summed E-state index contributed by atoms with van der Waals surface area (Å²) in [5.74, 6) is 2.10. The summed E-state index contributed by atoms with van der Waals surface area (Å²) in [6.07, 6.45) is 2.34. The number of aromatic nitrogens is 3. The van der Waals surface area contributed by atoms with Crippen molar-refractivity contribution in [3.63, 3.8) is 0 Å². The number of benzene rings is 5. The van der Waals surface area contributed by atoms with Gasteiger partial charge in [-0.1, -0.05) is 121 Å². The normalized spacial score (nSPS) is 14.4. The molecule has 2 aromatic heterocycles. The summed E-state index contributed by atoms with van der Waals surface area (Å²) in [6.45, 7) is 0. The summed E-state index contributed by atoms with van der Waals surface area (Å²) in [5, 5.41) is 3.65. The molecule has 0 saturated carbocycles. The Morgan fingerprint density at radius 2 is 1.18 bits per heavy atom. The van der Waals surface area contributed by atoms with Gasteiger partial charge in [0.1, 0.15) is 5.82 Å². The first-order chi connectivity index (χ1) is 19.8. The molecular weight excluding hydrogens is 506 g/mol. The molecule has 0 saturated heterocycles. The molecule has 0 radical (unpaired) electrons. The van der Waals surface area contributed by atoms with Crippen LogP contribution in [0.1, 0.15) is 27.7 Å². The second-order valence-corrected chi connectivity index (χ2v) is 11.1. The van der Waals surface area contributed by atoms with Crippen molar-refractivity contribution in [1.82, 2.24) is 15.0 Å². The van der Waals surface area contributed by atoms with Crippen molar-refractivity contribution in [2.75, 3.05) is 0 Å². The maximum absolute atomic E-state index is 5.16. The molecular formula is C36H23N3S. The van der Waals surface area contributed by atoms with E-state index in [4.69, 9.17) is 15.0 Å². The number of thiophene rings is 1. The minimum absolute atomic E-state index is 0.0627. The van der Waals surface area contributed by atoms with Crippen molar-refractivity contribution in [3.05, 3.63) is 155 Å². The fraction of sp³-hybridized carbons (Fsp3) is 0.0278. The number of hydrogen-bond donors (Lipinski definition) is 0. The summed E-state index contributed by atoms with van der Waals surface area (Å²) < 4.78 is 1.28. The molecule has 3 nitrogen and oxygen atoms in total. The Kier molecular flexibility index (Phi) is 5.39. The van der Waals surface area contributed by atoms with Gasteiger partial charge in [0.2, 0.25) is 0 Å². The highest BCUT2D eigenvalue weighted by Crippen LogP contribution is 2.50. The van der Waals surface area contributed by atoms with Crippen LogP contribution in [-0.2, 0) is 0 Å². The Bertz CT molecular complexity index is 2060. The van der Waals surface area contributed by atoms with Crippen molar-refractivity contribution in [2.45, 2.75) is 5.92 Å². The maximum atomic E-state index is 5.16. The molecule has 1 aliphatic rings. The van der Waals surface area contributed by atoms with E-state index in [1.807, 2.05) is 29.5 Å². The van der Waals surface area contributed by atoms with Crippen molar-refractivity contribution < 1.29 is 0 Å². The largest absolute Gasteiger partial charge is 0.212 e. The van der Waals surface area contributed by atoms with Crippen LogP contribution in [-0.4, -0.2) is 15.0 Å². The molecule has 0 fully saturated rings. The molecule has 1 aliphatic carbocycles. The molecule has 0 spiro atoms.